The van der Waals surface area contributed by atoms with Gasteiger partial charge in [-0.3, -0.25) is 0 Å². The maximum Gasteiger partial charge on any atom is 0.108 e. The molecule has 22 heavy (non-hydrogen) atoms. The van der Waals surface area contributed by atoms with Crippen LogP contribution in [0.3, 0.4) is 0 Å². The van der Waals surface area contributed by atoms with Crippen LogP contribution in [0.2, 0.25) is 0 Å². The molecule has 0 N–H and O–H groups in total. The quantitative estimate of drug-likeness (QED) is 0.382. The minimum atomic E-state index is 0.133. The molecule has 0 aliphatic rings. The molecule has 0 aliphatic heterocycles. The largest absolute Gasteiger partial charge is 0.304 e. The van der Waals surface area contributed by atoms with Crippen LogP contribution < -0.4 is 0 Å². The van der Waals surface area contributed by atoms with Gasteiger partial charge in [-0.05, 0) is 39.0 Å². The normalized spacial score (nSPS) is 17.7. The molecule has 0 aromatic rings. The molecule has 0 rings (SSSR count). The summed E-state index contributed by atoms with van der Waals surface area (Å²) in [6, 6.07) is 0. The van der Waals surface area contributed by atoms with E-state index in [2.05, 4.69) is 65.4 Å². The van der Waals surface area contributed by atoms with E-state index in [1.54, 1.807) is 0 Å². The third kappa shape index (κ3) is 8.47. The number of rotatable bonds is 13. The summed E-state index contributed by atoms with van der Waals surface area (Å²) >= 11 is 0. The van der Waals surface area contributed by atoms with Gasteiger partial charge in [0.25, 0.3) is 0 Å². The summed E-state index contributed by atoms with van der Waals surface area (Å²) in [5.74, 6) is 0.992. The molecule has 0 fully saturated rings. The predicted molar refractivity (Wildman–Crippen MR) is 95.0 cm³/mol. The molecule has 4 heteroatoms. The standard InChI is InChI=1S/C18H40N2O2/c1-9-15(5)17(13-19(7)11-3)21-22-18(16(6)10-2)14-20(8)12-4/h15-18H,9-14H2,1-8H3. The molecule has 0 radical (unpaired) electrons. The zero-order chi connectivity index (χ0) is 17.1. The van der Waals surface area contributed by atoms with Crippen LogP contribution >= 0.6 is 0 Å². The van der Waals surface area contributed by atoms with Crippen LogP contribution in [0, 0.1) is 11.8 Å². The van der Waals surface area contributed by atoms with Crippen LogP contribution in [-0.4, -0.2) is 62.3 Å². The summed E-state index contributed by atoms with van der Waals surface area (Å²) in [7, 11) is 4.27. The van der Waals surface area contributed by atoms with Crippen molar-refractivity contribution in [1.29, 1.82) is 0 Å². The van der Waals surface area contributed by atoms with Crippen molar-refractivity contribution < 1.29 is 9.78 Å². The molecule has 0 aliphatic carbocycles. The van der Waals surface area contributed by atoms with Gasteiger partial charge >= 0.3 is 0 Å². The highest BCUT2D eigenvalue weighted by Crippen LogP contribution is 2.18. The van der Waals surface area contributed by atoms with Gasteiger partial charge in [0.2, 0.25) is 0 Å². The molecule has 0 aromatic carbocycles. The smallest absolute Gasteiger partial charge is 0.108 e. The van der Waals surface area contributed by atoms with Crippen LogP contribution in [0.4, 0.5) is 0 Å². The van der Waals surface area contributed by atoms with Crippen molar-refractivity contribution in [2.24, 2.45) is 11.8 Å². The molecular formula is C18H40N2O2. The second-order valence-corrected chi connectivity index (χ2v) is 6.75. The van der Waals surface area contributed by atoms with Crippen molar-refractivity contribution in [1.82, 2.24) is 9.80 Å². The molecule has 0 bridgehead atoms. The molecule has 0 heterocycles. The summed E-state index contributed by atoms with van der Waals surface area (Å²) in [5.41, 5.74) is 0. The number of hydrogen-bond acceptors (Lipinski definition) is 4. The minimum absolute atomic E-state index is 0.133. The van der Waals surface area contributed by atoms with Gasteiger partial charge in [-0.25, -0.2) is 9.78 Å². The molecule has 0 spiro atoms. The molecule has 0 saturated heterocycles. The molecule has 4 unspecified atom stereocenters. The Bertz CT molecular complexity index is 237. The van der Waals surface area contributed by atoms with Gasteiger partial charge in [-0.2, -0.15) is 0 Å². The van der Waals surface area contributed by atoms with E-state index in [0.29, 0.717) is 11.8 Å². The number of likely N-dealkylation sites (N-methyl/N-ethyl adjacent to an activating group) is 2. The summed E-state index contributed by atoms with van der Waals surface area (Å²) in [4.78, 5) is 16.4. The minimum Gasteiger partial charge on any atom is -0.304 e. The molecule has 134 valence electrons. The van der Waals surface area contributed by atoms with Crippen molar-refractivity contribution in [3.63, 3.8) is 0 Å². The van der Waals surface area contributed by atoms with E-state index < -0.39 is 0 Å². The summed E-state index contributed by atoms with van der Waals surface area (Å²) in [5, 5.41) is 0. The lowest BCUT2D eigenvalue weighted by molar-refractivity contribution is -0.367. The first-order chi connectivity index (χ1) is 10.4. The van der Waals surface area contributed by atoms with Crippen LogP contribution in [-0.2, 0) is 9.78 Å². The number of hydrogen-bond donors (Lipinski definition) is 0. The molecule has 4 atom stereocenters. The fourth-order valence-corrected chi connectivity index (χ4v) is 2.15. The van der Waals surface area contributed by atoms with Crippen LogP contribution in [0.25, 0.3) is 0 Å². The Morgan fingerprint density at radius 2 is 1.00 bits per heavy atom. The lowest BCUT2D eigenvalue weighted by Gasteiger charge is -2.31. The van der Waals surface area contributed by atoms with E-state index in [1.165, 1.54) is 0 Å². The van der Waals surface area contributed by atoms with Crippen LogP contribution in [0.5, 0.6) is 0 Å². The topological polar surface area (TPSA) is 24.9 Å². The molecule has 0 aromatic heterocycles. The maximum atomic E-state index is 5.93. The Morgan fingerprint density at radius 3 is 1.23 bits per heavy atom. The first-order valence-electron chi connectivity index (χ1n) is 9.08. The van der Waals surface area contributed by atoms with Crippen LogP contribution in [0.1, 0.15) is 54.4 Å². The fourth-order valence-electron chi connectivity index (χ4n) is 2.15. The van der Waals surface area contributed by atoms with Crippen molar-refractivity contribution in [2.45, 2.75) is 66.6 Å². The highest BCUT2D eigenvalue weighted by molar-refractivity contribution is 4.70. The first kappa shape index (κ1) is 21.8. The van der Waals surface area contributed by atoms with Gasteiger partial charge in [-0.15, -0.1) is 0 Å². The average Bonchev–Trinajstić information content (AvgIpc) is 2.54. The predicted octanol–water partition coefficient (Wildman–Crippen LogP) is 3.67. The Labute approximate surface area is 139 Å². The van der Waals surface area contributed by atoms with Gasteiger partial charge in [0.15, 0.2) is 0 Å². The van der Waals surface area contributed by atoms with Gasteiger partial charge in [0.1, 0.15) is 12.2 Å². The third-order valence-corrected chi connectivity index (χ3v) is 4.92. The average molecular weight is 317 g/mol. The second kappa shape index (κ2) is 12.3. The maximum absolute atomic E-state index is 5.93. The van der Waals surface area contributed by atoms with Gasteiger partial charge in [0, 0.05) is 13.1 Å². The van der Waals surface area contributed by atoms with Crippen LogP contribution in [0.15, 0.2) is 0 Å². The van der Waals surface area contributed by atoms with Crippen molar-refractivity contribution >= 4 is 0 Å². The van der Waals surface area contributed by atoms with Gasteiger partial charge < -0.3 is 9.80 Å². The Hall–Kier alpha value is -0.160. The summed E-state index contributed by atoms with van der Waals surface area (Å²) in [6.07, 6.45) is 2.48. The highest BCUT2D eigenvalue weighted by Gasteiger charge is 2.24. The van der Waals surface area contributed by atoms with E-state index >= 15 is 0 Å². The summed E-state index contributed by atoms with van der Waals surface area (Å²) in [6.45, 7) is 17.2. The van der Waals surface area contributed by atoms with Crippen molar-refractivity contribution in [2.75, 3.05) is 40.3 Å². The fraction of sp³-hybridized carbons (Fsp3) is 1.00. The van der Waals surface area contributed by atoms with Crippen molar-refractivity contribution in [3.8, 4) is 0 Å². The van der Waals surface area contributed by atoms with Gasteiger partial charge in [-0.1, -0.05) is 54.4 Å². The lowest BCUT2D eigenvalue weighted by Crippen LogP contribution is -2.40. The zero-order valence-electron chi connectivity index (χ0n) is 16.3. The number of nitrogens with zero attached hydrogens (tertiary/aromatic N) is 2. The SMILES string of the molecule is CCC(C)C(CN(C)CC)OOC(CN(C)CC)C(C)CC. The van der Waals surface area contributed by atoms with E-state index in [-0.39, 0.29) is 12.2 Å². The molecular weight excluding hydrogens is 276 g/mol. The Morgan fingerprint density at radius 1 is 0.682 bits per heavy atom. The second-order valence-electron chi connectivity index (χ2n) is 6.75. The highest BCUT2D eigenvalue weighted by atomic mass is 17.2. The zero-order valence-corrected chi connectivity index (χ0v) is 16.3. The van der Waals surface area contributed by atoms with E-state index in [0.717, 1.165) is 39.0 Å². The molecule has 4 nitrogen and oxygen atoms in total. The van der Waals surface area contributed by atoms with E-state index in [4.69, 9.17) is 9.78 Å². The Balaban J connectivity index is 4.64. The Kier molecular flexibility index (Phi) is 12.2. The monoisotopic (exact) mass is 316 g/mol. The lowest BCUT2D eigenvalue weighted by atomic mass is 10.0. The molecule has 0 saturated carbocycles. The molecule has 0 amide bonds. The summed E-state index contributed by atoms with van der Waals surface area (Å²) < 4.78 is 0. The van der Waals surface area contributed by atoms with Gasteiger partial charge in [0.05, 0.1) is 0 Å². The third-order valence-electron chi connectivity index (χ3n) is 4.92. The van der Waals surface area contributed by atoms with E-state index in [9.17, 15) is 0 Å². The van der Waals surface area contributed by atoms with Crippen molar-refractivity contribution in [3.05, 3.63) is 0 Å². The first-order valence-corrected chi connectivity index (χ1v) is 9.08. The van der Waals surface area contributed by atoms with E-state index in [1.807, 2.05) is 0 Å².